The minimum absolute atomic E-state index is 0.0319. The first-order valence-electron chi connectivity index (χ1n) is 12.2. The number of ether oxygens (including phenoxy) is 1. The van der Waals surface area contributed by atoms with Crippen LogP contribution >= 0.6 is 0 Å². The van der Waals surface area contributed by atoms with Crippen molar-refractivity contribution in [2.75, 3.05) is 37.7 Å². The lowest BCUT2D eigenvalue weighted by Gasteiger charge is -2.42. The van der Waals surface area contributed by atoms with E-state index in [0.29, 0.717) is 18.2 Å². The van der Waals surface area contributed by atoms with Gasteiger partial charge in [-0.05, 0) is 82.1 Å². The maximum Gasteiger partial charge on any atom is 0.309 e. The van der Waals surface area contributed by atoms with Gasteiger partial charge in [0.1, 0.15) is 5.84 Å². The average molecular weight is 463 g/mol. The summed E-state index contributed by atoms with van der Waals surface area (Å²) in [6.07, 6.45) is 4.02. The molecule has 2 fully saturated rings. The molecule has 0 aliphatic carbocycles. The van der Waals surface area contributed by atoms with E-state index in [1.54, 1.807) is 12.1 Å². The largest absolute Gasteiger partial charge is 0.466 e. The molecule has 180 valence electrons. The van der Waals surface area contributed by atoms with Gasteiger partial charge in [0.15, 0.2) is 0 Å². The van der Waals surface area contributed by atoms with Crippen LogP contribution < -0.4 is 10.6 Å². The van der Waals surface area contributed by atoms with Gasteiger partial charge in [-0.1, -0.05) is 18.2 Å². The van der Waals surface area contributed by atoms with Gasteiger partial charge in [-0.3, -0.25) is 9.59 Å². The third kappa shape index (κ3) is 5.83. The Kier molecular flexibility index (Phi) is 7.95. The van der Waals surface area contributed by atoms with Gasteiger partial charge in [-0.25, -0.2) is 0 Å². The SMILES string of the molecule is CCOC(=O)C1CCN(C2CCN(c3ccc(C(N)=NC(=O)c4ccccc4)cc3)CC2)CC1. The average Bonchev–Trinajstić information content (AvgIpc) is 2.89. The van der Waals surface area contributed by atoms with Crippen molar-refractivity contribution in [3.05, 3.63) is 65.7 Å². The summed E-state index contributed by atoms with van der Waals surface area (Å²) < 4.78 is 5.19. The molecule has 7 nitrogen and oxygen atoms in total. The molecular formula is C27H34N4O3. The van der Waals surface area contributed by atoms with Crippen molar-refractivity contribution in [1.29, 1.82) is 0 Å². The zero-order valence-corrected chi connectivity index (χ0v) is 19.9. The summed E-state index contributed by atoms with van der Waals surface area (Å²) in [4.78, 5) is 33.3. The van der Waals surface area contributed by atoms with E-state index in [2.05, 4.69) is 26.9 Å². The number of carbonyl (C=O) groups excluding carboxylic acids is 2. The van der Waals surface area contributed by atoms with Gasteiger partial charge < -0.3 is 20.3 Å². The lowest BCUT2D eigenvalue weighted by Crippen LogP contribution is -2.48. The van der Waals surface area contributed by atoms with Crippen molar-refractivity contribution in [3.8, 4) is 0 Å². The lowest BCUT2D eigenvalue weighted by molar-refractivity contribution is -0.149. The number of carbonyl (C=O) groups is 2. The van der Waals surface area contributed by atoms with E-state index >= 15 is 0 Å². The van der Waals surface area contributed by atoms with Crippen molar-refractivity contribution in [2.24, 2.45) is 16.6 Å². The van der Waals surface area contributed by atoms with E-state index in [4.69, 9.17) is 10.5 Å². The Balaban J connectivity index is 1.28. The predicted octanol–water partition coefficient (Wildman–Crippen LogP) is 3.48. The fourth-order valence-corrected chi connectivity index (χ4v) is 4.91. The number of esters is 1. The number of nitrogens with zero attached hydrogens (tertiary/aromatic N) is 3. The van der Waals surface area contributed by atoms with Crippen molar-refractivity contribution >= 4 is 23.4 Å². The van der Waals surface area contributed by atoms with Crippen molar-refractivity contribution < 1.29 is 14.3 Å². The molecule has 2 aromatic rings. The number of hydrogen-bond acceptors (Lipinski definition) is 5. The molecule has 0 spiro atoms. The molecule has 2 heterocycles. The first kappa shape index (κ1) is 24.0. The molecule has 0 aromatic heterocycles. The molecule has 2 aliphatic rings. The molecule has 34 heavy (non-hydrogen) atoms. The Bertz CT molecular complexity index is 990. The molecule has 0 saturated carbocycles. The van der Waals surface area contributed by atoms with Crippen LogP contribution in [0.1, 0.15) is 48.5 Å². The van der Waals surface area contributed by atoms with Gasteiger partial charge in [0, 0.05) is 35.9 Å². The molecule has 2 aromatic carbocycles. The molecule has 0 atom stereocenters. The number of nitrogens with two attached hydrogens (primary N) is 1. The van der Waals surface area contributed by atoms with Crippen molar-refractivity contribution in [2.45, 2.75) is 38.6 Å². The van der Waals surface area contributed by atoms with Crippen LogP contribution in [0.4, 0.5) is 5.69 Å². The Morgan fingerprint density at radius 2 is 1.56 bits per heavy atom. The number of hydrogen-bond donors (Lipinski definition) is 1. The van der Waals surface area contributed by atoms with Gasteiger partial charge in [0.05, 0.1) is 12.5 Å². The molecule has 2 saturated heterocycles. The molecule has 0 bridgehead atoms. The highest BCUT2D eigenvalue weighted by Crippen LogP contribution is 2.27. The molecule has 7 heteroatoms. The maximum atomic E-state index is 12.3. The summed E-state index contributed by atoms with van der Waals surface area (Å²) in [5, 5.41) is 0. The van der Waals surface area contributed by atoms with Crippen LogP contribution in [-0.4, -0.2) is 61.4 Å². The zero-order valence-electron chi connectivity index (χ0n) is 19.9. The molecule has 0 unspecified atom stereocenters. The van der Waals surface area contributed by atoms with E-state index in [1.807, 2.05) is 37.3 Å². The third-order valence-electron chi connectivity index (χ3n) is 6.90. The zero-order chi connectivity index (χ0) is 23.9. The van der Waals surface area contributed by atoms with E-state index in [1.165, 1.54) is 0 Å². The van der Waals surface area contributed by atoms with E-state index < -0.39 is 0 Å². The summed E-state index contributed by atoms with van der Waals surface area (Å²) in [5.74, 6) is -0.0786. The van der Waals surface area contributed by atoms with E-state index in [9.17, 15) is 9.59 Å². The fourth-order valence-electron chi connectivity index (χ4n) is 4.91. The standard InChI is InChI=1S/C27H34N4O3/c1-2-34-27(33)22-12-16-30(17-13-22)24-14-18-31(19-15-24)23-10-8-20(9-11-23)25(28)29-26(32)21-6-4-3-5-7-21/h3-11,22,24H,2,12-19H2,1H3,(H2,28,29,32). The van der Waals surface area contributed by atoms with Crippen LogP contribution in [0.15, 0.2) is 59.6 Å². The predicted molar refractivity (Wildman–Crippen MR) is 134 cm³/mol. The highest BCUT2D eigenvalue weighted by Gasteiger charge is 2.31. The number of piperidine rings is 2. The van der Waals surface area contributed by atoms with Crippen LogP contribution in [0.5, 0.6) is 0 Å². The first-order valence-corrected chi connectivity index (χ1v) is 12.2. The molecule has 4 rings (SSSR count). The number of amidine groups is 1. The summed E-state index contributed by atoms with van der Waals surface area (Å²) >= 11 is 0. The second-order valence-electron chi connectivity index (χ2n) is 9.00. The Labute approximate surface area is 201 Å². The smallest absolute Gasteiger partial charge is 0.309 e. The topological polar surface area (TPSA) is 88.2 Å². The second-order valence-corrected chi connectivity index (χ2v) is 9.00. The molecule has 1 amide bonds. The maximum absolute atomic E-state index is 12.3. The van der Waals surface area contributed by atoms with Gasteiger partial charge in [0.25, 0.3) is 5.91 Å². The minimum atomic E-state index is -0.337. The summed E-state index contributed by atoms with van der Waals surface area (Å²) in [5.41, 5.74) is 8.51. The van der Waals surface area contributed by atoms with E-state index in [0.717, 1.165) is 63.1 Å². The minimum Gasteiger partial charge on any atom is -0.466 e. The molecule has 0 radical (unpaired) electrons. The van der Waals surface area contributed by atoms with Crippen LogP contribution in [-0.2, 0) is 9.53 Å². The number of benzene rings is 2. The number of likely N-dealkylation sites (tertiary alicyclic amines) is 1. The highest BCUT2D eigenvalue weighted by molar-refractivity contribution is 6.08. The van der Waals surface area contributed by atoms with E-state index in [-0.39, 0.29) is 23.6 Å². The van der Waals surface area contributed by atoms with Crippen molar-refractivity contribution in [1.82, 2.24) is 4.90 Å². The summed E-state index contributed by atoms with van der Waals surface area (Å²) in [6, 6.07) is 17.5. The van der Waals surface area contributed by atoms with Crippen LogP contribution in [0.2, 0.25) is 0 Å². The number of amides is 1. The second kappa shape index (κ2) is 11.3. The van der Waals surface area contributed by atoms with Gasteiger partial charge in [-0.15, -0.1) is 0 Å². The lowest BCUT2D eigenvalue weighted by atomic mass is 9.93. The van der Waals surface area contributed by atoms with Gasteiger partial charge in [0.2, 0.25) is 0 Å². The Morgan fingerprint density at radius 1 is 0.912 bits per heavy atom. The van der Waals surface area contributed by atoms with Gasteiger partial charge in [-0.2, -0.15) is 4.99 Å². The molecule has 2 N–H and O–H groups in total. The molecular weight excluding hydrogens is 428 g/mol. The first-order chi connectivity index (χ1) is 16.5. The normalized spacial score (nSPS) is 18.6. The number of aliphatic imine (C=N–C) groups is 1. The van der Waals surface area contributed by atoms with Crippen LogP contribution in [0, 0.1) is 5.92 Å². The van der Waals surface area contributed by atoms with Crippen LogP contribution in [0.3, 0.4) is 0 Å². The highest BCUT2D eigenvalue weighted by atomic mass is 16.5. The summed E-state index contributed by atoms with van der Waals surface area (Å²) in [6.45, 7) is 6.27. The van der Waals surface area contributed by atoms with Crippen molar-refractivity contribution in [3.63, 3.8) is 0 Å². The summed E-state index contributed by atoms with van der Waals surface area (Å²) in [7, 11) is 0. The fraction of sp³-hybridized carbons (Fsp3) is 0.444. The number of anilines is 1. The number of rotatable bonds is 6. The van der Waals surface area contributed by atoms with Gasteiger partial charge >= 0.3 is 5.97 Å². The van der Waals surface area contributed by atoms with Crippen LogP contribution in [0.25, 0.3) is 0 Å². The Hall–Kier alpha value is -3.19. The Morgan fingerprint density at radius 3 is 2.18 bits per heavy atom. The third-order valence-corrected chi connectivity index (χ3v) is 6.90. The molecule has 2 aliphatic heterocycles. The monoisotopic (exact) mass is 462 g/mol. The quantitative estimate of drug-likeness (QED) is 0.402.